The first kappa shape index (κ1) is 11.8. The Kier molecular flexibility index (Phi) is 2.93. The minimum absolute atomic E-state index is 0.127. The van der Waals surface area contributed by atoms with Crippen LogP contribution in [0.5, 0.6) is 0 Å². The van der Waals surface area contributed by atoms with Crippen LogP contribution in [0.4, 0.5) is 0 Å². The van der Waals surface area contributed by atoms with Crippen LogP contribution in [0.25, 0.3) is 6.08 Å². The number of amides is 1. The molecule has 0 fully saturated rings. The molecule has 2 aliphatic rings. The fraction of sp³-hybridized carbons (Fsp3) is 0. The van der Waals surface area contributed by atoms with Crippen molar-refractivity contribution in [3.63, 3.8) is 0 Å². The summed E-state index contributed by atoms with van der Waals surface area (Å²) in [5.74, 6) is -0.127. The summed E-state index contributed by atoms with van der Waals surface area (Å²) >= 11 is 13.2. The van der Waals surface area contributed by atoms with E-state index in [1.807, 2.05) is 5.41 Å². The molecule has 0 bridgehead atoms. The van der Waals surface area contributed by atoms with E-state index in [1.54, 1.807) is 30.5 Å². The third kappa shape index (κ3) is 1.96. The molecule has 1 aromatic carbocycles. The Hall–Kier alpha value is -1.23. The molecule has 0 atom stereocenters. The average molecular weight is 297 g/mol. The highest BCUT2D eigenvalue weighted by molar-refractivity contribution is 8.16. The number of carbonyl (C=O) groups excluding carboxylic acids is 1. The van der Waals surface area contributed by atoms with Crippen LogP contribution in [0.3, 0.4) is 0 Å². The number of fused-ring (bicyclic) bond motifs is 1. The second-order valence-electron chi connectivity index (χ2n) is 3.68. The maximum absolute atomic E-state index is 12.0. The van der Waals surface area contributed by atoms with Crippen LogP contribution < -0.4 is 0 Å². The van der Waals surface area contributed by atoms with Crippen molar-refractivity contribution in [2.45, 2.75) is 0 Å². The highest BCUT2D eigenvalue weighted by atomic mass is 35.5. The van der Waals surface area contributed by atoms with Crippen LogP contribution >= 0.6 is 35.0 Å². The van der Waals surface area contributed by atoms with Crippen LogP contribution in [0.15, 0.2) is 40.5 Å². The van der Waals surface area contributed by atoms with Gasteiger partial charge >= 0.3 is 0 Å². The predicted octanol–water partition coefficient (Wildman–Crippen LogP) is 3.75. The Morgan fingerprint density at radius 3 is 2.83 bits per heavy atom. The zero-order chi connectivity index (χ0) is 12.7. The van der Waals surface area contributed by atoms with Gasteiger partial charge in [-0.05, 0) is 29.2 Å². The van der Waals surface area contributed by atoms with Crippen molar-refractivity contribution in [1.29, 1.82) is 0 Å². The quantitative estimate of drug-likeness (QED) is 0.739. The van der Waals surface area contributed by atoms with Gasteiger partial charge in [-0.25, -0.2) is 4.99 Å². The molecule has 0 N–H and O–H groups in total. The molecule has 0 radical (unpaired) electrons. The standard InChI is InChI=1S/C12H6Cl2N2OS/c13-8-2-1-7(5-9(8)14)6-10-11(17)16-3-4-18-12(16)15-10/h1-6H/b10-6-. The third-order valence-electron chi connectivity index (χ3n) is 2.49. The van der Waals surface area contributed by atoms with Crippen LogP contribution in [0.2, 0.25) is 10.0 Å². The van der Waals surface area contributed by atoms with Crippen LogP contribution in [0, 0.1) is 0 Å². The summed E-state index contributed by atoms with van der Waals surface area (Å²) in [5.41, 5.74) is 1.20. The molecule has 3 rings (SSSR count). The van der Waals surface area contributed by atoms with Crippen molar-refractivity contribution in [2.24, 2.45) is 4.99 Å². The minimum atomic E-state index is -0.127. The molecule has 0 aliphatic carbocycles. The number of hydrogen-bond donors (Lipinski definition) is 0. The van der Waals surface area contributed by atoms with Crippen molar-refractivity contribution in [3.05, 3.63) is 51.1 Å². The summed E-state index contributed by atoms with van der Waals surface area (Å²) in [4.78, 5) is 17.7. The summed E-state index contributed by atoms with van der Waals surface area (Å²) < 4.78 is 0. The normalized spacial score (nSPS) is 19.7. The lowest BCUT2D eigenvalue weighted by Crippen LogP contribution is -2.21. The number of rotatable bonds is 1. The molecular weight excluding hydrogens is 291 g/mol. The molecule has 1 aromatic rings. The monoisotopic (exact) mass is 296 g/mol. The summed E-state index contributed by atoms with van der Waals surface area (Å²) in [6.07, 6.45) is 3.41. The summed E-state index contributed by atoms with van der Waals surface area (Å²) in [7, 11) is 0. The predicted molar refractivity (Wildman–Crippen MR) is 75.5 cm³/mol. The van der Waals surface area contributed by atoms with E-state index in [0.29, 0.717) is 20.9 Å². The largest absolute Gasteiger partial charge is 0.282 e. The van der Waals surface area contributed by atoms with Crippen LogP contribution in [-0.4, -0.2) is 16.0 Å². The SMILES string of the molecule is O=C1/C(=C/c2ccc(Cl)c(Cl)c2)N=C2SC=CN12. The molecule has 0 saturated heterocycles. The maximum Gasteiger partial charge on any atom is 0.282 e. The van der Waals surface area contributed by atoms with Gasteiger partial charge in [-0.2, -0.15) is 0 Å². The van der Waals surface area contributed by atoms with Gasteiger partial charge in [0, 0.05) is 6.20 Å². The highest BCUT2D eigenvalue weighted by Crippen LogP contribution is 2.30. The number of carbonyl (C=O) groups is 1. The van der Waals surface area contributed by atoms with Crippen molar-refractivity contribution < 1.29 is 4.79 Å². The zero-order valence-electron chi connectivity index (χ0n) is 8.93. The molecule has 2 aliphatic heterocycles. The summed E-state index contributed by atoms with van der Waals surface area (Å²) in [5, 5.41) is 3.46. The number of nitrogens with zero attached hydrogens (tertiary/aromatic N) is 2. The van der Waals surface area contributed by atoms with E-state index in [0.717, 1.165) is 5.56 Å². The van der Waals surface area contributed by atoms with E-state index in [1.165, 1.54) is 16.7 Å². The molecule has 0 saturated carbocycles. The second-order valence-corrected chi connectivity index (χ2v) is 5.36. The highest BCUT2D eigenvalue weighted by Gasteiger charge is 2.31. The Balaban J connectivity index is 1.96. The van der Waals surface area contributed by atoms with Gasteiger partial charge in [0.05, 0.1) is 10.0 Å². The molecule has 0 aromatic heterocycles. The molecule has 6 heteroatoms. The van der Waals surface area contributed by atoms with E-state index in [-0.39, 0.29) is 5.91 Å². The Labute approximate surface area is 118 Å². The van der Waals surface area contributed by atoms with Gasteiger partial charge in [0.2, 0.25) is 0 Å². The first-order chi connectivity index (χ1) is 8.65. The molecule has 3 nitrogen and oxygen atoms in total. The first-order valence-corrected chi connectivity index (χ1v) is 6.71. The van der Waals surface area contributed by atoms with E-state index in [2.05, 4.69) is 4.99 Å². The lowest BCUT2D eigenvalue weighted by molar-refractivity contribution is -0.120. The number of amidine groups is 1. The van der Waals surface area contributed by atoms with Crippen molar-refractivity contribution in [1.82, 2.24) is 4.90 Å². The molecule has 1 amide bonds. The molecule has 2 heterocycles. The average Bonchev–Trinajstić information content (AvgIpc) is 2.89. The van der Waals surface area contributed by atoms with E-state index in [4.69, 9.17) is 23.2 Å². The smallest absolute Gasteiger partial charge is 0.266 e. The van der Waals surface area contributed by atoms with Crippen LogP contribution in [-0.2, 0) is 4.79 Å². The maximum atomic E-state index is 12.0. The van der Waals surface area contributed by atoms with Gasteiger partial charge in [0.1, 0.15) is 5.70 Å². The van der Waals surface area contributed by atoms with Gasteiger partial charge in [0.25, 0.3) is 5.91 Å². The zero-order valence-corrected chi connectivity index (χ0v) is 11.3. The van der Waals surface area contributed by atoms with Gasteiger partial charge in [0.15, 0.2) is 5.17 Å². The second kappa shape index (κ2) is 4.46. The van der Waals surface area contributed by atoms with Gasteiger partial charge in [-0.15, -0.1) is 0 Å². The number of aliphatic imine (C=N–C) groups is 1. The number of halogens is 2. The fourth-order valence-electron chi connectivity index (χ4n) is 1.64. The number of benzene rings is 1. The van der Waals surface area contributed by atoms with E-state index < -0.39 is 0 Å². The lowest BCUT2D eigenvalue weighted by Gasteiger charge is -2.03. The Morgan fingerprint density at radius 1 is 1.28 bits per heavy atom. The van der Waals surface area contributed by atoms with Crippen molar-refractivity contribution in [3.8, 4) is 0 Å². The Morgan fingerprint density at radius 2 is 2.11 bits per heavy atom. The fourth-order valence-corrected chi connectivity index (χ4v) is 2.65. The van der Waals surface area contributed by atoms with Gasteiger partial charge in [-0.3, -0.25) is 9.69 Å². The number of thioether (sulfide) groups is 1. The molecule has 90 valence electrons. The van der Waals surface area contributed by atoms with Gasteiger partial charge < -0.3 is 0 Å². The lowest BCUT2D eigenvalue weighted by atomic mass is 10.2. The van der Waals surface area contributed by atoms with Gasteiger partial charge in [-0.1, -0.05) is 41.0 Å². The molecule has 0 unspecified atom stereocenters. The minimum Gasteiger partial charge on any atom is -0.266 e. The van der Waals surface area contributed by atoms with Crippen LogP contribution in [0.1, 0.15) is 5.56 Å². The first-order valence-electron chi connectivity index (χ1n) is 5.07. The molecule has 0 spiro atoms. The van der Waals surface area contributed by atoms with E-state index >= 15 is 0 Å². The van der Waals surface area contributed by atoms with E-state index in [9.17, 15) is 4.79 Å². The molecule has 18 heavy (non-hydrogen) atoms. The topological polar surface area (TPSA) is 32.7 Å². The molecular formula is C12H6Cl2N2OS. The Bertz CT molecular complexity index is 637. The van der Waals surface area contributed by atoms with Crippen molar-refractivity contribution in [2.75, 3.05) is 0 Å². The van der Waals surface area contributed by atoms with Crippen molar-refractivity contribution >= 4 is 52.1 Å². The summed E-state index contributed by atoms with van der Waals surface area (Å²) in [6.45, 7) is 0. The number of hydrogen-bond acceptors (Lipinski definition) is 3. The summed E-state index contributed by atoms with van der Waals surface area (Å²) in [6, 6.07) is 5.19. The third-order valence-corrected chi connectivity index (χ3v) is 3.99.